The minimum Gasteiger partial charge on any atom is -0.497 e. The van der Waals surface area contributed by atoms with Crippen LogP contribution >= 0.6 is 0 Å². The maximum absolute atomic E-state index is 12.5. The predicted molar refractivity (Wildman–Crippen MR) is 127 cm³/mol. The summed E-state index contributed by atoms with van der Waals surface area (Å²) in [5, 5.41) is 12.9. The topological polar surface area (TPSA) is 78.1 Å². The third-order valence-electron chi connectivity index (χ3n) is 7.04. The molecule has 0 N–H and O–H groups in total. The van der Waals surface area contributed by atoms with Crippen LogP contribution in [0.2, 0.25) is 0 Å². The molecule has 2 aliphatic heterocycles. The zero-order valence-corrected chi connectivity index (χ0v) is 19.0. The van der Waals surface area contributed by atoms with E-state index in [1.807, 2.05) is 45.6 Å². The Morgan fingerprint density at radius 3 is 2.56 bits per heavy atom. The molecule has 2 aliphatic rings. The van der Waals surface area contributed by atoms with Gasteiger partial charge in [0.15, 0.2) is 5.82 Å². The molecule has 1 saturated heterocycles. The van der Waals surface area contributed by atoms with Gasteiger partial charge in [-0.25, -0.2) is 0 Å². The number of hydrogen-bond acceptors (Lipinski definition) is 6. The first-order valence-electron chi connectivity index (χ1n) is 11.6. The fraction of sp³-hybridized carbons (Fsp3) is 0.308. The average Bonchev–Trinajstić information content (AvgIpc) is 3.35. The second kappa shape index (κ2) is 8.53. The average molecular weight is 455 g/mol. The van der Waals surface area contributed by atoms with E-state index >= 15 is 0 Å². The summed E-state index contributed by atoms with van der Waals surface area (Å²) in [6, 6.07) is 23.7. The van der Waals surface area contributed by atoms with Crippen molar-refractivity contribution in [2.75, 3.05) is 20.2 Å². The lowest BCUT2D eigenvalue weighted by Crippen LogP contribution is -2.48. The van der Waals surface area contributed by atoms with Crippen LogP contribution in [0.1, 0.15) is 35.5 Å². The van der Waals surface area contributed by atoms with Crippen LogP contribution < -0.4 is 10.3 Å². The van der Waals surface area contributed by atoms with Gasteiger partial charge in [-0.15, -0.1) is 5.10 Å². The van der Waals surface area contributed by atoms with Crippen LogP contribution in [0.15, 0.2) is 77.6 Å². The number of rotatable bonds is 5. The Morgan fingerprint density at radius 2 is 1.76 bits per heavy atom. The van der Waals surface area contributed by atoms with E-state index in [4.69, 9.17) is 4.74 Å². The number of likely N-dealkylation sites (tertiary alicyclic amines) is 1. The molecule has 0 radical (unpaired) electrons. The number of piperidine rings is 1. The number of methoxy groups -OCH3 is 1. The molecule has 172 valence electrons. The number of tetrazole rings is 1. The van der Waals surface area contributed by atoms with Crippen LogP contribution in [0, 0.1) is 5.92 Å². The summed E-state index contributed by atoms with van der Waals surface area (Å²) in [7, 11) is 1.66. The minimum atomic E-state index is -0.106. The molecule has 8 nitrogen and oxygen atoms in total. The molecule has 8 heteroatoms. The van der Waals surface area contributed by atoms with Gasteiger partial charge in [-0.1, -0.05) is 36.4 Å². The predicted octanol–water partition coefficient (Wildman–Crippen LogP) is 3.04. The quantitative estimate of drug-likeness (QED) is 0.461. The van der Waals surface area contributed by atoms with Gasteiger partial charge in [-0.05, 0) is 58.7 Å². The van der Waals surface area contributed by atoms with Gasteiger partial charge in [0.1, 0.15) is 5.75 Å². The van der Waals surface area contributed by atoms with Gasteiger partial charge in [0.05, 0.1) is 18.8 Å². The lowest BCUT2D eigenvalue weighted by atomic mass is 9.82. The number of nitrogens with zero attached hydrogens (tertiary/aromatic N) is 6. The van der Waals surface area contributed by atoms with Gasteiger partial charge < -0.3 is 9.30 Å². The molecule has 2 aromatic carbocycles. The van der Waals surface area contributed by atoms with Gasteiger partial charge in [-0.3, -0.25) is 9.69 Å². The number of aromatic nitrogens is 5. The van der Waals surface area contributed by atoms with E-state index in [0.29, 0.717) is 11.8 Å². The first-order valence-corrected chi connectivity index (χ1v) is 11.6. The summed E-state index contributed by atoms with van der Waals surface area (Å²) >= 11 is 0. The molecule has 2 aromatic heterocycles. The van der Waals surface area contributed by atoms with Crippen LogP contribution in [-0.4, -0.2) is 49.9 Å². The highest BCUT2D eigenvalue weighted by molar-refractivity contribution is 5.38. The standard InChI is InChI=1S/C26H26N6O2/c1-34-22-12-10-21(11-13-22)32-26(27-28-29-32)25(19-6-3-2-4-7-19)30-15-18-14-20(17-30)23-8-5-9-24(33)31(23)16-18/h2-13,18,20,25H,14-17H2,1H3. The smallest absolute Gasteiger partial charge is 0.250 e. The lowest BCUT2D eigenvalue weighted by Gasteiger charge is -2.45. The molecule has 6 rings (SSSR count). The highest BCUT2D eigenvalue weighted by Crippen LogP contribution is 2.40. The van der Waals surface area contributed by atoms with Crippen LogP contribution in [0.3, 0.4) is 0 Å². The number of benzene rings is 2. The van der Waals surface area contributed by atoms with Gasteiger partial charge in [-0.2, -0.15) is 4.68 Å². The van der Waals surface area contributed by atoms with Crippen molar-refractivity contribution in [3.63, 3.8) is 0 Å². The Labute approximate surface area is 197 Å². The SMILES string of the molecule is COc1ccc(-n2nnnc2C(c2ccccc2)N2CC3CC(C2)c2cccc(=O)n2C3)cc1. The molecule has 34 heavy (non-hydrogen) atoms. The van der Waals surface area contributed by atoms with E-state index in [1.54, 1.807) is 13.2 Å². The second-order valence-electron chi connectivity index (χ2n) is 9.11. The molecule has 0 aliphatic carbocycles. The van der Waals surface area contributed by atoms with E-state index in [-0.39, 0.29) is 11.6 Å². The van der Waals surface area contributed by atoms with Crippen LogP contribution in [-0.2, 0) is 6.54 Å². The van der Waals surface area contributed by atoms with Gasteiger partial charge >= 0.3 is 0 Å². The highest BCUT2D eigenvalue weighted by atomic mass is 16.5. The van der Waals surface area contributed by atoms with Crippen molar-refractivity contribution in [2.45, 2.75) is 24.9 Å². The summed E-state index contributed by atoms with van der Waals surface area (Å²) in [4.78, 5) is 15.0. The fourth-order valence-electron chi connectivity index (χ4n) is 5.57. The van der Waals surface area contributed by atoms with Gasteiger partial charge in [0.2, 0.25) is 0 Å². The molecule has 4 aromatic rings. The first-order chi connectivity index (χ1) is 16.7. The number of ether oxygens (including phenoxy) is 1. The maximum atomic E-state index is 12.5. The number of fused-ring (bicyclic) bond motifs is 4. The van der Waals surface area contributed by atoms with E-state index < -0.39 is 0 Å². The molecule has 1 fully saturated rings. The van der Waals surface area contributed by atoms with Crippen LogP contribution in [0.5, 0.6) is 5.75 Å². The largest absolute Gasteiger partial charge is 0.497 e. The number of hydrogen-bond donors (Lipinski definition) is 0. The van der Waals surface area contributed by atoms with Crippen molar-refractivity contribution < 1.29 is 4.74 Å². The summed E-state index contributed by atoms with van der Waals surface area (Å²) < 4.78 is 9.10. The van der Waals surface area contributed by atoms with Crippen molar-refractivity contribution in [1.29, 1.82) is 0 Å². The normalized spacial score (nSPS) is 20.5. The Bertz CT molecular complexity index is 1350. The minimum absolute atomic E-state index is 0.101. The molecule has 2 bridgehead atoms. The van der Waals surface area contributed by atoms with Crippen LogP contribution in [0.4, 0.5) is 0 Å². The summed E-state index contributed by atoms with van der Waals surface area (Å²) in [6.07, 6.45) is 1.10. The summed E-state index contributed by atoms with van der Waals surface area (Å²) in [5.41, 5.74) is 3.27. The molecular formula is C26H26N6O2. The zero-order chi connectivity index (χ0) is 23.1. The van der Waals surface area contributed by atoms with Gasteiger partial charge in [0, 0.05) is 37.3 Å². The monoisotopic (exact) mass is 454 g/mol. The first kappa shape index (κ1) is 20.8. The van der Waals surface area contributed by atoms with Crippen molar-refractivity contribution in [1.82, 2.24) is 29.7 Å². The molecule has 4 heterocycles. The van der Waals surface area contributed by atoms with E-state index in [0.717, 1.165) is 54.6 Å². The second-order valence-corrected chi connectivity index (χ2v) is 9.11. The molecule has 0 saturated carbocycles. The summed E-state index contributed by atoms with van der Waals surface area (Å²) in [5.74, 6) is 2.28. The highest BCUT2D eigenvalue weighted by Gasteiger charge is 2.39. The van der Waals surface area contributed by atoms with E-state index in [1.165, 1.54) is 0 Å². The lowest BCUT2D eigenvalue weighted by molar-refractivity contribution is 0.0913. The van der Waals surface area contributed by atoms with E-state index in [9.17, 15) is 4.79 Å². The zero-order valence-electron chi connectivity index (χ0n) is 19.0. The van der Waals surface area contributed by atoms with Crippen molar-refractivity contribution in [3.05, 3.63) is 100 Å². The third-order valence-corrected chi connectivity index (χ3v) is 7.04. The molecule has 0 amide bonds. The van der Waals surface area contributed by atoms with Crippen LogP contribution in [0.25, 0.3) is 5.69 Å². The van der Waals surface area contributed by atoms with Gasteiger partial charge in [0.25, 0.3) is 5.56 Å². The maximum Gasteiger partial charge on any atom is 0.250 e. The Hall–Kier alpha value is -3.78. The molecular weight excluding hydrogens is 428 g/mol. The molecule has 3 unspecified atom stereocenters. The molecule has 0 spiro atoms. The van der Waals surface area contributed by atoms with Crippen molar-refractivity contribution >= 4 is 0 Å². The fourth-order valence-corrected chi connectivity index (χ4v) is 5.57. The van der Waals surface area contributed by atoms with E-state index in [2.05, 4.69) is 50.8 Å². The molecule has 3 atom stereocenters. The summed E-state index contributed by atoms with van der Waals surface area (Å²) in [6.45, 7) is 2.48. The van der Waals surface area contributed by atoms with Crippen molar-refractivity contribution in [2.24, 2.45) is 5.92 Å². The number of pyridine rings is 1. The Morgan fingerprint density at radius 1 is 0.941 bits per heavy atom. The Balaban J connectivity index is 1.41. The Kier molecular flexibility index (Phi) is 5.22. The third kappa shape index (κ3) is 3.60. The van der Waals surface area contributed by atoms with Crippen molar-refractivity contribution in [3.8, 4) is 11.4 Å².